The van der Waals surface area contributed by atoms with Crippen molar-refractivity contribution in [3.63, 3.8) is 0 Å². The highest BCUT2D eigenvalue weighted by molar-refractivity contribution is 5.82. The number of para-hydroxylation sites is 2. The molecule has 0 radical (unpaired) electrons. The molecule has 0 amide bonds. The van der Waals surface area contributed by atoms with Crippen LogP contribution in [-0.2, 0) is 48.3 Å². The number of fused-ring (bicyclic) bond motifs is 2. The molecule has 8 rings (SSSR count). The Morgan fingerprint density at radius 1 is 0.429 bits per heavy atom. The second-order valence-corrected chi connectivity index (χ2v) is 15.6. The second-order valence-electron chi connectivity index (χ2n) is 15.6. The van der Waals surface area contributed by atoms with Gasteiger partial charge < -0.3 is 28.9 Å². The molecule has 0 bridgehead atoms. The van der Waals surface area contributed by atoms with Gasteiger partial charge in [-0.05, 0) is 156 Å². The van der Waals surface area contributed by atoms with E-state index in [1.807, 2.05) is 84.9 Å². The standard InChI is InChI=1S/C28H31NO4.C27H29NO2/c1-3-7-22-20-26(33-25-8-5-4-6-9-25)11-13-28(22)31-16-15-24-19-23-18-21(14-17-32-30-2)10-12-27(23)29-24;1-3-8-21-19-25(30-24-9-6-5-7-10-24)12-14-27(21)29-16-15-23-18-22-17-20(4-2)11-13-26(22)28-23/h4-6,8-13,18-20,29H,3,7,14-17H2,1-2H3;5-7,9-14,17-19,28H,3-4,8,15-16H2,1-2H3. The van der Waals surface area contributed by atoms with Crippen LogP contribution < -0.4 is 18.9 Å². The van der Waals surface area contributed by atoms with Crippen molar-refractivity contribution in [1.29, 1.82) is 0 Å². The average Bonchev–Trinajstić information content (AvgIpc) is 3.92. The fourth-order valence-electron chi connectivity index (χ4n) is 7.61. The molecule has 8 heteroatoms. The monoisotopic (exact) mass is 844 g/mol. The van der Waals surface area contributed by atoms with Crippen molar-refractivity contribution in [2.45, 2.75) is 72.1 Å². The summed E-state index contributed by atoms with van der Waals surface area (Å²) in [6, 6.07) is 49.4. The third-order valence-corrected chi connectivity index (χ3v) is 10.8. The van der Waals surface area contributed by atoms with Gasteiger partial charge in [-0.2, -0.15) is 0 Å². The zero-order valence-corrected chi connectivity index (χ0v) is 37.1. The van der Waals surface area contributed by atoms with Crippen LogP contribution in [0.1, 0.15) is 67.3 Å². The lowest BCUT2D eigenvalue weighted by molar-refractivity contribution is -0.271. The summed E-state index contributed by atoms with van der Waals surface area (Å²) in [5.41, 5.74) is 9.65. The van der Waals surface area contributed by atoms with Gasteiger partial charge in [0, 0.05) is 35.3 Å². The van der Waals surface area contributed by atoms with Gasteiger partial charge in [-0.15, -0.1) is 0 Å². The van der Waals surface area contributed by atoms with Crippen LogP contribution in [0.4, 0.5) is 0 Å². The van der Waals surface area contributed by atoms with E-state index in [-0.39, 0.29) is 0 Å². The third-order valence-electron chi connectivity index (χ3n) is 10.8. The molecule has 326 valence electrons. The van der Waals surface area contributed by atoms with Gasteiger partial charge in [0.25, 0.3) is 0 Å². The number of hydrogen-bond donors (Lipinski definition) is 2. The number of hydrogen-bond acceptors (Lipinski definition) is 6. The first-order chi connectivity index (χ1) is 31.0. The number of rotatable bonds is 21. The lowest BCUT2D eigenvalue weighted by atomic mass is 10.1. The maximum atomic E-state index is 6.18. The average molecular weight is 845 g/mol. The van der Waals surface area contributed by atoms with E-state index in [4.69, 9.17) is 23.8 Å². The molecule has 0 atom stereocenters. The minimum absolute atomic E-state index is 0.544. The highest BCUT2D eigenvalue weighted by atomic mass is 17.2. The van der Waals surface area contributed by atoms with E-state index in [1.54, 1.807) is 0 Å². The summed E-state index contributed by atoms with van der Waals surface area (Å²) in [6.07, 6.45) is 7.56. The molecule has 2 heterocycles. The van der Waals surface area contributed by atoms with Crippen LogP contribution in [0.5, 0.6) is 34.5 Å². The fourth-order valence-corrected chi connectivity index (χ4v) is 7.61. The van der Waals surface area contributed by atoms with Crippen molar-refractivity contribution in [1.82, 2.24) is 9.97 Å². The molecule has 2 N–H and O–H groups in total. The zero-order chi connectivity index (χ0) is 43.6. The number of H-pyrrole nitrogens is 2. The van der Waals surface area contributed by atoms with Gasteiger partial charge in [-0.25, -0.2) is 9.78 Å². The molecule has 0 saturated heterocycles. The van der Waals surface area contributed by atoms with Crippen LogP contribution in [-0.4, -0.2) is 36.9 Å². The van der Waals surface area contributed by atoms with Crippen LogP contribution in [0, 0.1) is 0 Å². The quantitative estimate of drug-likeness (QED) is 0.0426. The largest absolute Gasteiger partial charge is 0.493 e. The second kappa shape index (κ2) is 23.1. The molecular weight excluding hydrogens is 785 g/mol. The maximum Gasteiger partial charge on any atom is 0.127 e. The van der Waals surface area contributed by atoms with Crippen LogP contribution in [0.2, 0.25) is 0 Å². The first kappa shape index (κ1) is 44.6. The van der Waals surface area contributed by atoms with Crippen molar-refractivity contribution in [3.8, 4) is 34.5 Å². The smallest absolute Gasteiger partial charge is 0.127 e. The van der Waals surface area contributed by atoms with Crippen molar-refractivity contribution in [2.75, 3.05) is 26.9 Å². The highest BCUT2D eigenvalue weighted by Crippen LogP contribution is 2.31. The Kier molecular flexibility index (Phi) is 16.3. The van der Waals surface area contributed by atoms with E-state index >= 15 is 0 Å². The molecule has 6 aromatic carbocycles. The molecular formula is C55H60N2O6. The number of aromatic nitrogens is 2. The Morgan fingerprint density at radius 3 is 1.40 bits per heavy atom. The molecule has 8 nitrogen and oxygen atoms in total. The third kappa shape index (κ3) is 13.0. The van der Waals surface area contributed by atoms with Crippen molar-refractivity contribution >= 4 is 21.8 Å². The summed E-state index contributed by atoms with van der Waals surface area (Å²) in [5.74, 6) is 5.23. The van der Waals surface area contributed by atoms with Crippen LogP contribution in [0.15, 0.2) is 146 Å². The molecule has 63 heavy (non-hydrogen) atoms. The Morgan fingerprint density at radius 2 is 0.921 bits per heavy atom. The Balaban J connectivity index is 0.000000190. The van der Waals surface area contributed by atoms with Crippen LogP contribution >= 0.6 is 0 Å². The molecule has 0 fully saturated rings. The van der Waals surface area contributed by atoms with Gasteiger partial charge >= 0.3 is 0 Å². The van der Waals surface area contributed by atoms with Gasteiger partial charge in [-0.1, -0.05) is 82.1 Å². The predicted molar refractivity (Wildman–Crippen MR) is 255 cm³/mol. The first-order valence-corrected chi connectivity index (χ1v) is 22.3. The van der Waals surface area contributed by atoms with Crippen LogP contribution in [0.25, 0.3) is 21.8 Å². The zero-order valence-electron chi connectivity index (χ0n) is 37.1. The number of ether oxygens (including phenoxy) is 4. The fraction of sp³-hybridized carbons (Fsp3) is 0.273. The topological polar surface area (TPSA) is 87.0 Å². The Hall–Kier alpha value is -6.48. The number of nitrogens with one attached hydrogen (secondary N) is 2. The Bertz CT molecular complexity index is 2620. The normalized spacial score (nSPS) is 11.0. The summed E-state index contributed by atoms with van der Waals surface area (Å²) in [5, 5.41) is 2.48. The van der Waals surface area contributed by atoms with Gasteiger partial charge in [0.1, 0.15) is 34.5 Å². The summed E-state index contributed by atoms with van der Waals surface area (Å²) in [6.45, 7) is 8.34. The minimum atomic E-state index is 0.544. The molecule has 0 aliphatic rings. The van der Waals surface area contributed by atoms with Gasteiger partial charge in [0.05, 0.1) is 26.9 Å². The summed E-state index contributed by atoms with van der Waals surface area (Å²) < 4.78 is 24.3. The van der Waals surface area contributed by atoms with Gasteiger partial charge in [0.2, 0.25) is 0 Å². The maximum absolute atomic E-state index is 6.18. The van der Waals surface area contributed by atoms with E-state index < -0.39 is 0 Å². The molecule has 0 spiro atoms. The SMILES string of the molecule is CCCc1cc(Oc2ccccc2)ccc1OCCc1cc2cc(CC)ccc2[nH]1.CCCc1cc(Oc2ccccc2)ccc1OCCc1cc2cc(CCOOC)ccc2[nH]1. The molecule has 0 saturated carbocycles. The lowest BCUT2D eigenvalue weighted by Crippen LogP contribution is -2.04. The molecule has 0 aliphatic carbocycles. The lowest BCUT2D eigenvalue weighted by Gasteiger charge is -2.13. The van der Waals surface area contributed by atoms with E-state index in [0.717, 1.165) is 97.1 Å². The molecule has 8 aromatic rings. The summed E-state index contributed by atoms with van der Waals surface area (Å²) in [7, 11) is 1.53. The van der Waals surface area contributed by atoms with Gasteiger partial charge in [0.15, 0.2) is 0 Å². The van der Waals surface area contributed by atoms with Crippen molar-refractivity contribution in [3.05, 3.63) is 179 Å². The Labute approximate surface area is 372 Å². The van der Waals surface area contributed by atoms with E-state index in [1.165, 1.54) is 51.3 Å². The number of aromatic amines is 2. The highest BCUT2D eigenvalue weighted by Gasteiger charge is 2.10. The predicted octanol–water partition coefficient (Wildman–Crippen LogP) is 13.8. The summed E-state index contributed by atoms with van der Waals surface area (Å²) >= 11 is 0. The van der Waals surface area contributed by atoms with E-state index in [0.29, 0.717) is 19.8 Å². The van der Waals surface area contributed by atoms with Crippen LogP contribution in [0.3, 0.4) is 0 Å². The first-order valence-electron chi connectivity index (χ1n) is 22.3. The van der Waals surface area contributed by atoms with E-state index in [9.17, 15) is 0 Å². The minimum Gasteiger partial charge on any atom is -0.493 e. The van der Waals surface area contributed by atoms with Crippen molar-refractivity contribution < 1.29 is 28.7 Å². The number of benzene rings is 6. The molecule has 2 aromatic heterocycles. The molecule has 0 aliphatic heterocycles. The van der Waals surface area contributed by atoms with Crippen molar-refractivity contribution in [2.24, 2.45) is 0 Å². The molecule has 0 unspecified atom stereocenters. The summed E-state index contributed by atoms with van der Waals surface area (Å²) in [4.78, 5) is 16.7. The van der Waals surface area contributed by atoms with Gasteiger partial charge in [-0.3, -0.25) is 0 Å². The number of aryl methyl sites for hydroxylation is 3. The van der Waals surface area contributed by atoms with E-state index in [2.05, 4.69) is 96.3 Å².